The van der Waals surface area contributed by atoms with E-state index in [1.807, 2.05) is 39.0 Å². The minimum Gasteiger partial charge on any atom is -0.496 e. The summed E-state index contributed by atoms with van der Waals surface area (Å²) < 4.78 is 5.29. The predicted molar refractivity (Wildman–Crippen MR) is 62.9 cm³/mol. The van der Waals surface area contributed by atoms with Crippen LogP contribution in [0.2, 0.25) is 0 Å². The molecule has 0 saturated heterocycles. The van der Waals surface area contributed by atoms with Crippen LogP contribution in [0.25, 0.3) is 0 Å². The second kappa shape index (κ2) is 5.01. The van der Waals surface area contributed by atoms with Gasteiger partial charge in [-0.2, -0.15) is 0 Å². The van der Waals surface area contributed by atoms with Gasteiger partial charge < -0.3 is 9.84 Å². The molecule has 0 spiro atoms. The van der Waals surface area contributed by atoms with Gasteiger partial charge in [-0.05, 0) is 18.4 Å². The predicted octanol–water partition coefficient (Wildman–Crippen LogP) is 2.83. The number of rotatable bonds is 4. The molecule has 0 heterocycles. The van der Waals surface area contributed by atoms with Gasteiger partial charge in [0.25, 0.3) is 0 Å². The van der Waals surface area contributed by atoms with Crippen molar-refractivity contribution in [2.24, 2.45) is 5.92 Å². The monoisotopic (exact) mass is 222 g/mol. The van der Waals surface area contributed by atoms with Crippen molar-refractivity contribution < 1.29 is 14.6 Å². The molecule has 3 nitrogen and oxygen atoms in total. The molecular weight excluding hydrogens is 204 g/mol. The van der Waals surface area contributed by atoms with Crippen LogP contribution in [0.4, 0.5) is 0 Å². The number of hydrogen-bond acceptors (Lipinski definition) is 2. The summed E-state index contributed by atoms with van der Waals surface area (Å²) >= 11 is 0. The molecule has 1 rings (SSSR count). The van der Waals surface area contributed by atoms with Crippen LogP contribution >= 0.6 is 0 Å². The van der Waals surface area contributed by atoms with Crippen molar-refractivity contribution in [1.82, 2.24) is 0 Å². The highest BCUT2D eigenvalue weighted by Crippen LogP contribution is 2.34. The fourth-order valence-electron chi connectivity index (χ4n) is 1.98. The van der Waals surface area contributed by atoms with Crippen molar-refractivity contribution in [1.29, 1.82) is 0 Å². The molecule has 0 radical (unpaired) electrons. The van der Waals surface area contributed by atoms with E-state index >= 15 is 0 Å². The first-order valence-electron chi connectivity index (χ1n) is 5.35. The van der Waals surface area contributed by atoms with Crippen LogP contribution in [0.5, 0.6) is 5.75 Å². The van der Waals surface area contributed by atoms with Gasteiger partial charge in [-0.3, -0.25) is 4.79 Å². The largest absolute Gasteiger partial charge is 0.496 e. The Morgan fingerprint density at radius 1 is 1.38 bits per heavy atom. The number of methoxy groups -OCH3 is 1. The average molecular weight is 222 g/mol. The molecular formula is C13H18O3. The van der Waals surface area contributed by atoms with Gasteiger partial charge >= 0.3 is 5.97 Å². The maximum atomic E-state index is 11.3. The Labute approximate surface area is 96.1 Å². The van der Waals surface area contributed by atoms with E-state index in [0.29, 0.717) is 5.75 Å². The van der Waals surface area contributed by atoms with Gasteiger partial charge in [-0.1, -0.05) is 32.0 Å². The van der Waals surface area contributed by atoms with E-state index in [4.69, 9.17) is 4.74 Å². The number of carboxylic acid groups (broad SMARTS) is 1. The van der Waals surface area contributed by atoms with E-state index in [-0.39, 0.29) is 5.92 Å². The van der Waals surface area contributed by atoms with E-state index in [1.165, 1.54) is 0 Å². The summed E-state index contributed by atoms with van der Waals surface area (Å²) in [5.74, 6) is -0.606. The lowest BCUT2D eigenvalue weighted by molar-refractivity contribution is -0.139. The summed E-state index contributed by atoms with van der Waals surface area (Å²) in [6, 6.07) is 5.61. The molecule has 0 aliphatic heterocycles. The fraction of sp³-hybridized carbons (Fsp3) is 0.462. The first kappa shape index (κ1) is 12.6. The molecule has 1 aromatic rings. The summed E-state index contributed by atoms with van der Waals surface area (Å²) in [6.07, 6.45) is 0. The number of aliphatic carboxylic acids is 1. The SMILES string of the molecule is COc1c(C)cccc1C(C(=O)O)C(C)C. The van der Waals surface area contributed by atoms with Gasteiger partial charge in [0.1, 0.15) is 5.75 Å². The number of hydrogen-bond donors (Lipinski definition) is 1. The van der Waals surface area contributed by atoms with Crippen molar-refractivity contribution in [3.8, 4) is 5.75 Å². The van der Waals surface area contributed by atoms with Crippen LogP contribution in [-0.4, -0.2) is 18.2 Å². The Bertz CT molecular complexity index is 383. The molecule has 0 bridgehead atoms. The molecule has 1 aromatic carbocycles. The molecule has 1 N–H and O–H groups in total. The molecule has 3 heteroatoms. The second-order valence-corrected chi connectivity index (χ2v) is 4.26. The van der Waals surface area contributed by atoms with Crippen LogP contribution < -0.4 is 4.74 Å². The average Bonchev–Trinajstić information content (AvgIpc) is 2.16. The zero-order chi connectivity index (χ0) is 12.3. The standard InChI is InChI=1S/C13H18O3/c1-8(2)11(13(14)15)10-7-5-6-9(3)12(10)16-4/h5-8,11H,1-4H3,(H,14,15). The van der Waals surface area contributed by atoms with Gasteiger partial charge in [-0.15, -0.1) is 0 Å². The molecule has 0 fully saturated rings. The lowest BCUT2D eigenvalue weighted by Crippen LogP contribution is -2.18. The second-order valence-electron chi connectivity index (χ2n) is 4.26. The van der Waals surface area contributed by atoms with Crippen molar-refractivity contribution in [3.63, 3.8) is 0 Å². The smallest absolute Gasteiger partial charge is 0.311 e. The topological polar surface area (TPSA) is 46.5 Å². The zero-order valence-electron chi connectivity index (χ0n) is 10.2. The number of aryl methyl sites for hydroxylation is 1. The third-order valence-corrected chi connectivity index (χ3v) is 2.71. The molecule has 1 unspecified atom stereocenters. The number of carboxylic acids is 1. The molecule has 0 amide bonds. The summed E-state index contributed by atoms with van der Waals surface area (Å²) in [6.45, 7) is 5.72. The van der Waals surface area contributed by atoms with Gasteiger partial charge in [0.05, 0.1) is 13.0 Å². The van der Waals surface area contributed by atoms with Gasteiger partial charge in [0.2, 0.25) is 0 Å². The Morgan fingerprint density at radius 3 is 2.44 bits per heavy atom. The lowest BCUT2D eigenvalue weighted by Gasteiger charge is -2.20. The maximum absolute atomic E-state index is 11.3. The number of ether oxygens (including phenoxy) is 1. The summed E-state index contributed by atoms with van der Waals surface area (Å²) in [5, 5.41) is 9.25. The van der Waals surface area contributed by atoms with Crippen LogP contribution in [0.3, 0.4) is 0 Å². The van der Waals surface area contributed by atoms with E-state index in [0.717, 1.165) is 11.1 Å². The molecule has 88 valence electrons. The highest BCUT2D eigenvalue weighted by Gasteiger charge is 2.27. The van der Waals surface area contributed by atoms with Crippen LogP contribution in [0, 0.1) is 12.8 Å². The van der Waals surface area contributed by atoms with E-state index in [2.05, 4.69) is 0 Å². The van der Waals surface area contributed by atoms with E-state index in [9.17, 15) is 9.90 Å². The number of carbonyl (C=O) groups is 1. The van der Waals surface area contributed by atoms with E-state index in [1.54, 1.807) is 7.11 Å². The Morgan fingerprint density at radius 2 is 2.00 bits per heavy atom. The fourth-order valence-corrected chi connectivity index (χ4v) is 1.98. The maximum Gasteiger partial charge on any atom is 0.311 e. The minimum absolute atomic E-state index is 0.0354. The molecule has 0 saturated carbocycles. The van der Waals surface area contributed by atoms with Gasteiger partial charge in [0.15, 0.2) is 0 Å². The van der Waals surface area contributed by atoms with Crippen molar-refractivity contribution in [3.05, 3.63) is 29.3 Å². The zero-order valence-corrected chi connectivity index (χ0v) is 10.2. The Balaban J connectivity index is 3.29. The highest BCUT2D eigenvalue weighted by atomic mass is 16.5. The van der Waals surface area contributed by atoms with Crippen molar-refractivity contribution in [2.75, 3.05) is 7.11 Å². The quantitative estimate of drug-likeness (QED) is 0.852. The highest BCUT2D eigenvalue weighted by molar-refractivity contribution is 5.77. The van der Waals surface area contributed by atoms with Crippen LogP contribution in [-0.2, 0) is 4.79 Å². The number of benzene rings is 1. The summed E-state index contributed by atoms with van der Waals surface area (Å²) in [5.41, 5.74) is 1.72. The molecule has 1 atom stereocenters. The Hall–Kier alpha value is -1.51. The van der Waals surface area contributed by atoms with Gasteiger partial charge in [-0.25, -0.2) is 0 Å². The summed E-state index contributed by atoms with van der Waals surface area (Å²) in [7, 11) is 1.57. The summed E-state index contributed by atoms with van der Waals surface area (Å²) in [4.78, 5) is 11.3. The first-order chi connectivity index (χ1) is 7.49. The first-order valence-corrected chi connectivity index (χ1v) is 5.35. The molecule has 16 heavy (non-hydrogen) atoms. The van der Waals surface area contributed by atoms with Gasteiger partial charge in [0, 0.05) is 5.56 Å². The van der Waals surface area contributed by atoms with Crippen molar-refractivity contribution in [2.45, 2.75) is 26.7 Å². The lowest BCUT2D eigenvalue weighted by atomic mass is 9.87. The third-order valence-electron chi connectivity index (χ3n) is 2.71. The molecule has 0 aromatic heterocycles. The van der Waals surface area contributed by atoms with Crippen LogP contribution in [0.15, 0.2) is 18.2 Å². The minimum atomic E-state index is -0.807. The normalized spacial score (nSPS) is 12.6. The third kappa shape index (κ3) is 2.35. The molecule has 0 aliphatic rings. The Kier molecular flexibility index (Phi) is 3.93. The van der Waals surface area contributed by atoms with Crippen LogP contribution in [0.1, 0.15) is 30.9 Å². The molecule has 0 aliphatic carbocycles. The van der Waals surface area contributed by atoms with Crippen molar-refractivity contribution >= 4 is 5.97 Å². The number of para-hydroxylation sites is 1. The van der Waals surface area contributed by atoms with E-state index < -0.39 is 11.9 Å².